The normalized spacial score (nSPS) is 18.9. The Bertz CT molecular complexity index is 495. The number of hydrogen-bond donors (Lipinski definition) is 2. The number of hydrogen-bond acceptors (Lipinski definition) is 3. The van der Waals surface area contributed by atoms with Crippen molar-refractivity contribution in [1.82, 2.24) is 4.72 Å². The van der Waals surface area contributed by atoms with Crippen LogP contribution in [0.3, 0.4) is 0 Å². The maximum absolute atomic E-state index is 12.3. The monoisotopic (exact) mass is 297 g/mol. The van der Waals surface area contributed by atoms with E-state index in [1.807, 2.05) is 30.3 Å². The summed E-state index contributed by atoms with van der Waals surface area (Å²) >= 11 is 0. The Morgan fingerprint density at radius 2 is 1.80 bits per heavy atom. The molecule has 1 aliphatic carbocycles. The largest absolute Gasteiger partial charge is 0.395 e. The van der Waals surface area contributed by atoms with E-state index in [2.05, 4.69) is 4.72 Å². The molecule has 0 radical (unpaired) electrons. The molecule has 1 aromatic carbocycles. The van der Waals surface area contributed by atoms with Gasteiger partial charge in [0, 0.05) is 6.04 Å². The van der Waals surface area contributed by atoms with E-state index in [9.17, 15) is 13.5 Å². The van der Waals surface area contributed by atoms with Crippen LogP contribution in [0.25, 0.3) is 0 Å². The van der Waals surface area contributed by atoms with Crippen molar-refractivity contribution in [3.05, 3.63) is 35.9 Å². The maximum atomic E-state index is 12.3. The predicted octanol–water partition coefficient (Wildman–Crippen LogP) is 1.84. The summed E-state index contributed by atoms with van der Waals surface area (Å²) < 4.78 is 27.3. The lowest BCUT2D eigenvalue weighted by atomic mass is 10.0. The highest BCUT2D eigenvalue weighted by atomic mass is 32.2. The summed E-state index contributed by atoms with van der Waals surface area (Å²) in [5.41, 5.74) is 1.03. The van der Waals surface area contributed by atoms with Gasteiger partial charge in [-0.15, -0.1) is 0 Å². The summed E-state index contributed by atoms with van der Waals surface area (Å²) in [5, 5.41) is 9.13. The van der Waals surface area contributed by atoms with E-state index >= 15 is 0 Å². The molecular formula is C15H23NO3S. The third-order valence-electron chi connectivity index (χ3n) is 3.87. The number of sulfonamides is 1. The Labute approximate surface area is 121 Å². The van der Waals surface area contributed by atoms with E-state index in [-0.39, 0.29) is 11.9 Å². The zero-order valence-electron chi connectivity index (χ0n) is 11.7. The van der Waals surface area contributed by atoms with Crippen molar-refractivity contribution in [1.29, 1.82) is 0 Å². The first kappa shape index (κ1) is 15.5. The molecule has 0 heterocycles. The van der Waals surface area contributed by atoms with E-state index < -0.39 is 16.1 Å². The van der Waals surface area contributed by atoms with Gasteiger partial charge < -0.3 is 5.11 Å². The molecule has 1 aliphatic rings. The number of benzene rings is 1. The number of aliphatic hydroxyl groups is 1. The molecule has 2 N–H and O–H groups in total. The molecule has 2 rings (SSSR count). The lowest BCUT2D eigenvalue weighted by Crippen LogP contribution is -2.44. The molecule has 4 nitrogen and oxygen atoms in total. The minimum absolute atomic E-state index is 0.180. The van der Waals surface area contributed by atoms with E-state index in [0.717, 1.165) is 37.7 Å². The molecule has 0 aromatic heterocycles. The van der Waals surface area contributed by atoms with Crippen molar-refractivity contribution in [3.8, 4) is 0 Å². The number of nitrogens with one attached hydrogen (secondary N) is 1. The number of rotatable bonds is 6. The van der Waals surface area contributed by atoms with Crippen LogP contribution in [0.15, 0.2) is 30.3 Å². The summed E-state index contributed by atoms with van der Waals surface area (Å²) in [7, 11) is -3.32. The Morgan fingerprint density at radius 1 is 1.15 bits per heavy atom. The molecule has 0 aliphatic heterocycles. The van der Waals surface area contributed by atoms with Gasteiger partial charge in [-0.1, -0.05) is 49.6 Å². The van der Waals surface area contributed by atoms with E-state index in [0.29, 0.717) is 6.42 Å². The first-order valence-corrected chi connectivity index (χ1v) is 8.82. The lowest BCUT2D eigenvalue weighted by Gasteiger charge is -2.25. The van der Waals surface area contributed by atoms with Gasteiger partial charge in [-0.25, -0.2) is 13.1 Å². The quantitative estimate of drug-likeness (QED) is 0.842. The van der Waals surface area contributed by atoms with Crippen molar-refractivity contribution in [2.45, 2.75) is 49.8 Å². The highest BCUT2D eigenvalue weighted by molar-refractivity contribution is 7.90. The van der Waals surface area contributed by atoms with Crippen LogP contribution in [0.5, 0.6) is 0 Å². The van der Waals surface area contributed by atoms with E-state index in [1.165, 1.54) is 0 Å². The van der Waals surface area contributed by atoms with Gasteiger partial charge in [-0.05, 0) is 24.8 Å². The minimum atomic E-state index is -3.32. The van der Waals surface area contributed by atoms with E-state index in [1.54, 1.807) is 0 Å². The molecule has 0 spiro atoms. The van der Waals surface area contributed by atoms with Gasteiger partial charge in [0.15, 0.2) is 0 Å². The average molecular weight is 297 g/mol. The van der Waals surface area contributed by atoms with Gasteiger partial charge in [-0.3, -0.25) is 0 Å². The lowest BCUT2D eigenvalue weighted by molar-refractivity contribution is 0.255. The molecule has 0 unspecified atom stereocenters. The van der Waals surface area contributed by atoms with Crippen LogP contribution in [-0.4, -0.2) is 31.4 Å². The fraction of sp³-hybridized carbons (Fsp3) is 0.600. The smallest absolute Gasteiger partial charge is 0.214 e. The molecule has 0 amide bonds. The fourth-order valence-electron chi connectivity index (χ4n) is 2.75. The predicted molar refractivity (Wildman–Crippen MR) is 79.9 cm³/mol. The second-order valence-electron chi connectivity index (χ2n) is 5.49. The van der Waals surface area contributed by atoms with Crippen molar-refractivity contribution in [2.24, 2.45) is 0 Å². The molecule has 0 bridgehead atoms. The second kappa shape index (κ2) is 7.20. The molecule has 1 saturated carbocycles. The molecule has 20 heavy (non-hydrogen) atoms. The highest BCUT2D eigenvalue weighted by Crippen LogP contribution is 2.23. The Balaban J connectivity index is 1.98. The third-order valence-corrected chi connectivity index (χ3v) is 5.88. The van der Waals surface area contributed by atoms with Crippen LogP contribution in [0.2, 0.25) is 0 Å². The standard InChI is InChI=1S/C15H23NO3S/c17-12-14(11-13-7-3-1-4-8-13)16-20(18,19)15-9-5-2-6-10-15/h1,3-4,7-8,14-17H,2,5-6,9-12H2/t14-/m1/s1. The molecule has 1 fully saturated rings. The van der Waals surface area contributed by atoms with Crippen LogP contribution < -0.4 is 4.72 Å². The first-order valence-electron chi connectivity index (χ1n) is 7.28. The molecule has 5 heteroatoms. The first-order chi connectivity index (χ1) is 9.62. The van der Waals surface area contributed by atoms with Crippen LogP contribution in [0.1, 0.15) is 37.7 Å². The average Bonchev–Trinajstić information content (AvgIpc) is 2.48. The summed E-state index contributed by atoms with van der Waals surface area (Å²) in [6.45, 7) is -0.180. The molecule has 1 aromatic rings. The molecule has 0 saturated heterocycles. The summed E-state index contributed by atoms with van der Waals surface area (Å²) in [6, 6.07) is 9.20. The summed E-state index contributed by atoms with van der Waals surface area (Å²) in [5.74, 6) is 0. The second-order valence-corrected chi connectivity index (χ2v) is 7.48. The molecular weight excluding hydrogens is 274 g/mol. The topological polar surface area (TPSA) is 66.4 Å². The highest BCUT2D eigenvalue weighted by Gasteiger charge is 2.29. The third kappa shape index (κ3) is 4.30. The van der Waals surface area contributed by atoms with Gasteiger partial charge >= 0.3 is 0 Å². The van der Waals surface area contributed by atoms with Gasteiger partial charge in [0.2, 0.25) is 10.0 Å². The minimum Gasteiger partial charge on any atom is -0.395 e. The molecule has 112 valence electrons. The van der Waals surface area contributed by atoms with Crippen LogP contribution >= 0.6 is 0 Å². The van der Waals surface area contributed by atoms with Crippen LogP contribution in [0.4, 0.5) is 0 Å². The molecule has 1 atom stereocenters. The van der Waals surface area contributed by atoms with Gasteiger partial charge in [0.25, 0.3) is 0 Å². The summed E-state index contributed by atoms with van der Waals surface area (Å²) in [4.78, 5) is 0. The van der Waals surface area contributed by atoms with Crippen molar-refractivity contribution >= 4 is 10.0 Å². The van der Waals surface area contributed by atoms with Crippen LogP contribution in [0, 0.1) is 0 Å². The van der Waals surface area contributed by atoms with Crippen LogP contribution in [-0.2, 0) is 16.4 Å². The fourth-order valence-corrected chi connectivity index (χ4v) is 4.51. The maximum Gasteiger partial charge on any atom is 0.214 e. The SMILES string of the molecule is O=S(=O)(N[C@@H](CO)Cc1ccccc1)C1CCCCC1. The summed E-state index contributed by atoms with van der Waals surface area (Å²) in [6.07, 6.45) is 5.07. The zero-order chi connectivity index (χ0) is 14.4. The van der Waals surface area contributed by atoms with Gasteiger partial charge in [0.05, 0.1) is 11.9 Å². The number of aliphatic hydroxyl groups excluding tert-OH is 1. The van der Waals surface area contributed by atoms with E-state index in [4.69, 9.17) is 0 Å². The zero-order valence-corrected chi connectivity index (χ0v) is 12.5. The van der Waals surface area contributed by atoms with Crippen molar-refractivity contribution in [2.75, 3.05) is 6.61 Å². The van der Waals surface area contributed by atoms with Gasteiger partial charge in [0.1, 0.15) is 0 Å². The Morgan fingerprint density at radius 3 is 2.40 bits per heavy atom. The van der Waals surface area contributed by atoms with Crippen molar-refractivity contribution in [3.63, 3.8) is 0 Å². The van der Waals surface area contributed by atoms with Gasteiger partial charge in [-0.2, -0.15) is 0 Å². The Hall–Kier alpha value is -0.910. The Kier molecular flexibility index (Phi) is 5.57. The van der Waals surface area contributed by atoms with Crippen molar-refractivity contribution < 1.29 is 13.5 Å².